The molecule has 0 N–H and O–H groups in total. The highest BCUT2D eigenvalue weighted by molar-refractivity contribution is 6.32. The van der Waals surface area contributed by atoms with E-state index in [-0.39, 0.29) is 5.78 Å². The Morgan fingerprint density at radius 2 is 1.69 bits per heavy atom. The number of benzene rings is 3. The lowest BCUT2D eigenvalue weighted by Gasteiger charge is -2.09. The molecule has 3 rings (SSSR count). The maximum Gasteiger partial charge on any atom is 0.338 e. The lowest BCUT2D eigenvalue weighted by atomic mass is 10.1. The predicted octanol–water partition coefficient (Wildman–Crippen LogP) is 4.97. The van der Waals surface area contributed by atoms with E-state index in [1.54, 1.807) is 36.4 Å². The molecule has 0 saturated carbocycles. The van der Waals surface area contributed by atoms with Crippen LogP contribution in [0.3, 0.4) is 0 Å². The topological polar surface area (TPSA) is 61.8 Å². The van der Waals surface area contributed by atoms with E-state index in [0.717, 1.165) is 5.56 Å². The van der Waals surface area contributed by atoms with E-state index in [1.165, 1.54) is 13.2 Å². The number of methoxy groups -OCH3 is 1. The Morgan fingerprint density at radius 3 is 2.41 bits per heavy atom. The molecule has 0 spiro atoms. The van der Waals surface area contributed by atoms with Gasteiger partial charge in [-0.1, -0.05) is 48.0 Å². The van der Waals surface area contributed by atoms with Gasteiger partial charge >= 0.3 is 5.97 Å². The highest BCUT2D eigenvalue weighted by Gasteiger charge is 2.14. The maximum absolute atomic E-state index is 12.3. The van der Waals surface area contributed by atoms with Crippen molar-refractivity contribution in [1.29, 1.82) is 0 Å². The maximum atomic E-state index is 12.3. The first-order chi connectivity index (χ1) is 14.1. The van der Waals surface area contributed by atoms with E-state index in [9.17, 15) is 9.59 Å². The molecule has 0 unspecified atom stereocenters. The van der Waals surface area contributed by atoms with Gasteiger partial charge in [-0.2, -0.15) is 0 Å². The number of hydrogen-bond acceptors (Lipinski definition) is 5. The van der Waals surface area contributed by atoms with Crippen molar-refractivity contribution in [3.8, 4) is 11.5 Å². The highest BCUT2D eigenvalue weighted by Crippen LogP contribution is 2.25. The Labute approximate surface area is 173 Å². The Kier molecular flexibility index (Phi) is 6.87. The molecule has 0 amide bonds. The van der Waals surface area contributed by atoms with Crippen LogP contribution in [-0.4, -0.2) is 25.5 Å². The van der Waals surface area contributed by atoms with Crippen molar-refractivity contribution in [3.63, 3.8) is 0 Å². The second kappa shape index (κ2) is 9.75. The van der Waals surface area contributed by atoms with Gasteiger partial charge in [0.1, 0.15) is 18.1 Å². The van der Waals surface area contributed by atoms with Crippen LogP contribution < -0.4 is 9.47 Å². The van der Waals surface area contributed by atoms with Crippen LogP contribution in [0, 0.1) is 0 Å². The quantitative estimate of drug-likeness (QED) is 0.387. The van der Waals surface area contributed by atoms with Gasteiger partial charge in [-0.05, 0) is 42.0 Å². The molecule has 0 aliphatic heterocycles. The standard InChI is InChI=1S/C23H19ClO5/c1-27-22-11-10-17(13-20(22)24)21(25)15-29-23(26)18-8-5-9-19(12-18)28-14-16-6-3-2-4-7-16/h2-13H,14-15H2,1H3. The molecule has 29 heavy (non-hydrogen) atoms. The first kappa shape index (κ1) is 20.4. The molecule has 0 atom stereocenters. The fourth-order valence-electron chi connectivity index (χ4n) is 2.59. The predicted molar refractivity (Wildman–Crippen MR) is 110 cm³/mol. The van der Waals surface area contributed by atoms with Crippen molar-refractivity contribution in [3.05, 3.63) is 94.5 Å². The van der Waals surface area contributed by atoms with Gasteiger partial charge < -0.3 is 14.2 Å². The van der Waals surface area contributed by atoms with Crippen molar-refractivity contribution in [1.82, 2.24) is 0 Å². The molecule has 0 aliphatic carbocycles. The number of hydrogen-bond donors (Lipinski definition) is 0. The van der Waals surface area contributed by atoms with Crippen molar-refractivity contribution < 1.29 is 23.8 Å². The molecule has 148 valence electrons. The van der Waals surface area contributed by atoms with Gasteiger partial charge in [0, 0.05) is 5.56 Å². The molecule has 0 fully saturated rings. The summed E-state index contributed by atoms with van der Waals surface area (Å²) in [6.45, 7) is -0.00729. The van der Waals surface area contributed by atoms with Gasteiger partial charge in [0.15, 0.2) is 12.4 Å². The molecule has 0 bridgehead atoms. The third-order valence-corrected chi connectivity index (χ3v) is 4.42. The fraction of sp³-hybridized carbons (Fsp3) is 0.130. The first-order valence-corrected chi connectivity index (χ1v) is 9.25. The molecule has 0 aliphatic rings. The highest BCUT2D eigenvalue weighted by atomic mass is 35.5. The number of ketones is 1. The van der Waals surface area contributed by atoms with Crippen LogP contribution in [0.5, 0.6) is 11.5 Å². The number of rotatable bonds is 8. The summed E-state index contributed by atoms with van der Waals surface area (Å²) in [6, 6.07) is 21.0. The summed E-state index contributed by atoms with van der Waals surface area (Å²) in [7, 11) is 1.49. The Bertz CT molecular complexity index is 1000. The lowest BCUT2D eigenvalue weighted by Crippen LogP contribution is -2.14. The zero-order valence-electron chi connectivity index (χ0n) is 15.8. The Hall–Kier alpha value is -3.31. The SMILES string of the molecule is COc1ccc(C(=O)COC(=O)c2cccc(OCc3ccccc3)c2)cc1Cl. The second-order valence-corrected chi connectivity index (χ2v) is 6.56. The van der Waals surface area contributed by atoms with E-state index in [2.05, 4.69) is 0 Å². The summed E-state index contributed by atoms with van der Waals surface area (Å²) >= 11 is 6.02. The number of Topliss-reactive ketones (excluding diaryl/α,β-unsaturated/α-hetero) is 1. The number of ether oxygens (including phenoxy) is 3. The van der Waals surface area contributed by atoms with Gasteiger partial charge in [-0.25, -0.2) is 4.79 Å². The van der Waals surface area contributed by atoms with Crippen LogP contribution in [0.1, 0.15) is 26.3 Å². The van der Waals surface area contributed by atoms with Crippen molar-refractivity contribution in [2.24, 2.45) is 0 Å². The van der Waals surface area contributed by atoms with Gasteiger partial charge in [-0.3, -0.25) is 4.79 Å². The average molecular weight is 411 g/mol. The van der Waals surface area contributed by atoms with Crippen LogP contribution in [0.2, 0.25) is 5.02 Å². The minimum absolute atomic E-state index is 0.302. The van der Waals surface area contributed by atoms with Gasteiger partial charge in [-0.15, -0.1) is 0 Å². The largest absolute Gasteiger partial charge is 0.495 e. The van der Waals surface area contributed by atoms with E-state index < -0.39 is 12.6 Å². The minimum Gasteiger partial charge on any atom is -0.495 e. The molecule has 0 saturated heterocycles. The molecular formula is C23H19ClO5. The normalized spacial score (nSPS) is 10.3. The number of carbonyl (C=O) groups excluding carboxylic acids is 2. The molecule has 0 heterocycles. The number of esters is 1. The molecule has 0 aromatic heterocycles. The fourth-order valence-corrected chi connectivity index (χ4v) is 2.85. The third kappa shape index (κ3) is 5.59. The van der Waals surface area contributed by atoms with Crippen LogP contribution in [0.15, 0.2) is 72.8 Å². The molecule has 0 radical (unpaired) electrons. The van der Waals surface area contributed by atoms with E-state index in [4.69, 9.17) is 25.8 Å². The van der Waals surface area contributed by atoms with E-state index in [1.807, 2.05) is 30.3 Å². The zero-order valence-corrected chi connectivity index (χ0v) is 16.5. The van der Waals surface area contributed by atoms with Gasteiger partial charge in [0.05, 0.1) is 17.7 Å². The molecule has 3 aromatic carbocycles. The Balaban J connectivity index is 1.57. The summed E-state index contributed by atoms with van der Waals surface area (Å²) in [5.74, 6) is 0.0339. The molecule has 3 aromatic rings. The van der Waals surface area contributed by atoms with E-state index in [0.29, 0.717) is 34.3 Å². The smallest absolute Gasteiger partial charge is 0.338 e. The summed E-state index contributed by atoms with van der Waals surface area (Å²) < 4.78 is 15.9. The minimum atomic E-state index is -0.608. The molecule has 6 heteroatoms. The van der Waals surface area contributed by atoms with Crippen LogP contribution in [0.25, 0.3) is 0 Å². The zero-order chi connectivity index (χ0) is 20.6. The number of halogens is 1. The third-order valence-electron chi connectivity index (χ3n) is 4.13. The summed E-state index contributed by atoms with van der Waals surface area (Å²) in [4.78, 5) is 24.6. The van der Waals surface area contributed by atoms with Crippen molar-refractivity contribution in [2.75, 3.05) is 13.7 Å². The summed E-state index contributed by atoms with van der Waals surface area (Å²) in [6.07, 6.45) is 0. The lowest BCUT2D eigenvalue weighted by molar-refractivity contribution is 0.0474. The monoisotopic (exact) mass is 410 g/mol. The van der Waals surface area contributed by atoms with Crippen molar-refractivity contribution in [2.45, 2.75) is 6.61 Å². The average Bonchev–Trinajstić information content (AvgIpc) is 2.76. The van der Waals surface area contributed by atoms with Gasteiger partial charge in [0.2, 0.25) is 0 Å². The van der Waals surface area contributed by atoms with Crippen LogP contribution in [0.4, 0.5) is 0 Å². The van der Waals surface area contributed by atoms with E-state index >= 15 is 0 Å². The summed E-state index contributed by atoms with van der Waals surface area (Å²) in [5.41, 5.74) is 1.66. The van der Waals surface area contributed by atoms with Crippen molar-refractivity contribution >= 4 is 23.4 Å². The Morgan fingerprint density at radius 1 is 0.897 bits per heavy atom. The molecular weight excluding hydrogens is 392 g/mol. The summed E-state index contributed by atoms with van der Waals surface area (Å²) in [5, 5.41) is 0.313. The number of carbonyl (C=O) groups is 2. The van der Waals surface area contributed by atoms with Crippen LogP contribution >= 0.6 is 11.6 Å². The van der Waals surface area contributed by atoms with Crippen LogP contribution in [-0.2, 0) is 11.3 Å². The second-order valence-electron chi connectivity index (χ2n) is 6.15. The van der Waals surface area contributed by atoms with Gasteiger partial charge in [0.25, 0.3) is 0 Å². The molecule has 5 nitrogen and oxygen atoms in total. The first-order valence-electron chi connectivity index (χ1n) is 8.87.